The molecule has 4 nitrogen and oxygen atoms in total. The Balaban J connectivity index is 2.12. The summed E-state index contributed by atoms with van der Waals surface area (Å²) in [6.07, 6.45) is 3.62. The first-order chi connectivity index (χ1) is 8.51. The molecule has 0 aliphatic heterocycles. The number of nitrogens with two attached hydrogens (primary N) is 1. The number of nitrogen functional groups attached to an aromatic ring is 1. The van der Waals surface area contributed by atoms with Crippen molar-refractivity contribution in [2.75, 3.05) is 12.8 Å². The van der Waals surface area contributed by atoms with E-state index in [-0.39, 0.29) is 5.25 Å². The Labute approximate surface area is 109 Å². The summed E-state index contributed by atoms with van der Waals surface area (Å²) in [5.74, 6) is 0. The van der Waals surface area contributed by atoms with Gasteiger partial charge in [-0.05, 0) is 24.5 Å². The summed E-state index contributed by atoms with van der Waals surface area (Å²) in [5.41, 5.74) is 7.35. The van der Waals surface area contributed by atoms with Gasteiger partial charge >= 0.3 is 0 Å². The summed E-state index contributed by atoms with van der Waals surface area (Å²) >= 11 is 0. The molecular formula is C13H20N2O2S. The van der Waals surface area contributed by atoms with Crippen LogP contribution in [0.5, 0.6) is 0 Å². The topological polar surface area (TPSA) is 63.4 Å². The predicted molar refractivity (Wildman–Crippen MR) is 73.5 cm³/mol. The molecule has 1 aromatic rings. The second-order valence-electron chi connectivity index (χ2n) is 4.91. The van der Waals surface area contributed by atoms with Crippen molar-refractivity contribution < 1.29 is 8.42 Å². The van der Waals surface area contributed by atoms with Gasteiger partial charge in [0.25, 0.3) is 0 Å². The summed E-state index contributed by atoms with van der Waals surface area (Å²) in [4.78, 5) is 0. The number of sulfonamides is 1. The third-order valence-corrected chi connectivity index (χ3v) is 5.92. The SMILES string of the molecule is CN(Cc1ccccc1N)S(=O)(=O)C1CCCC1. The molecule has 0 heterocycles. The van der Waals surface area contributed by atoms with Crippen molar-refractivity contribution in [2.45, 2.75) is 37.5 Å². The van der Waals surface area contributed by atoms with Crippen LogP contribution >= 0.6 is 0 Å². The first kappa shape index (κ1) is 13.4. The van der Waals surface area contributed by atoms with E-state index >= 15 is 0 Å². The van der Waals surface area contributed by atoms with Gasteiger partial charge in [-0.25, -0.2) is 12.7 Å². The fourth-order valence-corrected chi connectivity index (χ4v) is 4.21. The Morgan fingerprint density at radius 2 is 1.89 bits per heavy atom. The number of para-hydroxylation sites is 1. The van der Waals surface area contributed by atoms with Crippen LogP contribution in [0.1, 0.15) is 31.2 Å². The van der Waals surface area contributed by atoms with Crippen LogP contribution in [-0.2, 0) is 16.6 Å². The smallest absolute Gasteiger partial charge is 0.217 e. The van der Waals surface area contributed by atoms with Gasteiger partial charge in [0.05, 0.1) is 5.25 Å². The zero-order valence-electron chi connectivity index (χ0n) is 10.7. The zero-order valence-corrected chi connectivity index (χ0v) is 11.5. The van der Waals surface area contributed by atoms with E-state index in [4.69, 9.17) is 5.73 Å². The standard InChI is InChI=1S/C13H20N2O2S/c1-15(10-11-6-2-5-9-13(11)14)18(16,17)12-7-3-4-8-12/h2,5-6,9,12H,3-4,7-8,10,14H2,1H3. The van der Waals surface area contributed by atoms with Crippen LogP contribution in [0.2, 0.25) is 0 Å². The number of rotatable bonds is 4. The van der Waals surface area contributed by atoms with Gasteiger partial charge < -0.3 is 5.73 Å². The van der Waals surface area contributed by atoms with E-state index < -0.39 is 10.0 Å². The van der Waals surface area contributed by atoms with E-state index in [0.29, 0.717) is 12.2 Å². The first-order valence-electron chi connectivity index (χ1n) is 6.30. The highest BCUT2D eigenvalue weighted by molar-refractivity contribution is 7.89. The fraction of sp³-hybridized carbons (Fsp3) is 0.538. The summed E-state index contributed by atoms with van der Waals surface area (Å²) < 4.78 is 26.1. The Hall–Kier alpha value is -1.07. The summed E-state index contributed by atoms with van der Waals surface area (Å²) in [6.45, 7) is 0.353. The van der Waals surface area contributed by atoms with Crippen molar-refractivity contribution in [1.29, 1.82) is 0 Å². The largest absolute Gasteiger partial charge is 0.398 e. The lowest BCUT2D eigenvalue weighted by Gasteiger charge is -2.22. The Kier molecular flexibility index (Phi) is 3.92. The van der Waals surface area contributed by atoms with Crippen molar-refractivity contribution in [2.24, 2.45) is 0 Å². The highest BCUT2D eigenvalue weighted by Crippen LogP contribution is 2.27. The highest BCUT2D eigenvalue weighted by atomic mass is 32.2. The lowest BCUT2D eigenvalue weighted by Crippen LogP contribution is -2.34. The van der Waals surface area contributed by atoms with Gasteiger partial charge in [0, 0.05) is 19.3 Å². The molecule has 0 aromatic heterocycles. The maximum absolute atomic E-state index is 12.3. The number of anilines is 1. The molecule has 100 valence electrons. The van der Waals surface area contributed by atoms with Crippen molar-refractivity contribution in [1.82, 2.24) is 4.31 Å². The molecule has 0 radical (unpaired) electrons. The molecule has 1 aromatic carbocycles. The minimum atomic E-state index is -3.18. The second kappa shape index (κ2) is 5.28. The van der Waals surface area contributed by atoms with Crippen LogP contribution in [0.15, 0.2) is 24.3 Å². The average molecular weight is 268 g/mol. The van der Waals surface area contributed by atoms with Gasteiger partial charge in [0.2, 0.25) is 10.0 Å². The number of hydrogen-bond donors (Lipinski definition) is 1. The molecule has 5 heteroatoms. The molecule has 1 aliphatic rings. The number of hydrogen-bond acceptors (Lipinski definition) is 3. The van der Waals surface area contributed by atoms with E-state index in [2.05, 4.69) is 0 Å². The van der Waals surface area contributed by atoms with Gasteiger partial charge in [-0.1, -0.05) is 31.0 Å². The molecule has 1 saturated carbocycles. The fourth-order valence-electron chi connectivity index (χ4n) is 2.45. The number of benzene rings is 1. The van der Waals surface area contributed by atoms with Gasteiger partial charge in [0.15, 0.2) is 0 Å². The van der Waals surface area contributed by atoms with Gasteiger partial charge in [0.1, 0.15) is 0 Å². The van der Waals surface area contributed by atoms with Crippen molar-refractivity contribution in [3.63, 3.8) is 0 Å². The van der Waals surface area contributed by atoms with Crippen LogP contribution in [0, 0.1) is 0 Å². The molecule has 2 rings (SSSR count). The first-order valence-corrected chi connectivity index (χ1v) is 7.80. The van der Waals surface area contributed by atoms with E-state index in [1.165, 1.54) is 4.31 Å². The molecule has 0 unspecified atom stereocenters. The van der Waals surface area contributed by atoms with Crippen LogP contribution in [-0.4, -0.2) is 25.0 Å². The Bertz CT molecular complexity index is 507. The lowest BCUT2D eigenvalue weighted by atomic mass is 10.2. The van der Waals surface area contributed by atoms with Crippen LogP contribution in [0.25, 0.3) is 0 Å². The molecular weight excluding hydrogens is 248 g/mol. The summed E-state index contributed by atoms with van der Waals surface area (Å²) in [7, 11) is -1.54. The molecule has 0 atom stereocenters. The van der Waals surface area contributed by atoms with E-state index in [1.807, 2.05) is 18.2 Å². The van der Waals surface area contributed by atoms with Crippen LogP contribution in [0.3, 0.4) is 0 Å². The third kappa shape index (κ3) is 2.67. The molecule has 0 spiro atoms. The highest BCUT2D eigenvalue weighted by Gasteiger charge is 2.32. The van der Waals surface area contributed by atoms with E-state index in [9.17, 15) is 8.42 Å². The van der Waals surface area contributed by atoms with Gasteiger partial charge in [-0.2, -0.15) is 0 Å². The summed E-state index contributed by atoms with van der Waals surface area (Å²) in [5, 5.41) is -0.201. The molecule has 0 bridgehead atoms. The monoisotopic (exact) mass is 268 g/mol. The average Bonchev–Trinajstić information content (AvgIpc) is 2.86. The van der Waals surface area contributed by atoms with E-state index in [0.717, 1.165) is 31.2 Å². The maximum atomic E-state index is 12.3. The second-order valence-corrected chi connectivity index (χ2v) is 7.23. The molecule has 1 aliphatic carbocycles. The van der Waals surface area contributed by atoms with Crippen molar-refractivity contribution >= 4 is 15.7 Å². The van der Waals surface area contributed by atoms with Gasteiger partial charge in [-0.15, -0.1) is 0 Å². The normalized spacial score (nSPS) is 17.4. The molecule has 1 fully saturated rings. The minimum Gasteiger partial charge on any atom is -0.398 e. The maximum Gasteiger partial charge on any atom is 0.217 e. The third-order valence-electron chi connectivity index (χ3n) is 3.61. The molecule has 2 N–H and O–H groups in total. The molecule has 0 amide bonds. The Morgan fingerprint density at radius 3 is 2.50 bits per heavy atom. The van der Waals surface area contributed by atoms with Crippen molar-refractivity contribution in [3.05, 3.63) is 29.8 Å². The zero-order chi connectivity index (χ0) is 13.2. The van der Waals surface area contributed by atoms with E-state index in [1.54, 1.807) is 13.1 Å². The van der Waals surface area contributed by atoms with Crippen LogP contribution < -0.4 is 5.73 Å². The van der Waals surface area contributed by atoms with Gasteiger partial charge in [-0.3, -0.25) is 0 Å². The number of nitrogens with zero attached hydrogens (tertiary/aromatic N) is 1. The minimum absolute atomic E-state index is 0.201. The Morgan fingerprint density at radius 1 is 1.28 bits per heavy atom. The predicted octanol–water partition coefficient (Wildman–Crippen LogP) is 1.97. The lowest BCUT2D eigenvalue weighted by molar-refractivity contribution is 0.455. The molecule has 0 saturated heterocycles. The summed E-state index contributed by atoms with van der Waals surface area (Å²) in [6, 6.07) is 7.40. The van der Waals surface area contributed by atoms with Crippen LogP contribution in [0.4, 0.5) is 5.69 Å². The molecule has 18 heavy (non-hydrogen) atoms. The quantitative estimate of drug-likeness (QED) is 0.849. The van der Waals surface area contributed by atoms with Crippen molar-refractivity contribution in [3.8, 4) is 0 Å².